The molecule has 1 aliphatic rings. The molecule has 0 spiro atoms. The van der Waals surface area contributed by atoms with Crippen LogP contribution >= 0.6 is 11.3 Å². The quantitative estimate of drug-likeness (QED) is 0.338. The van der Waals surface area contributed by atoms with Crippen molar-refractivity contribution in [3.05, 3.63) is 75.7 Å². The van der Waals surface area contributed by atoms with Crippen molar-refractivity contribution in [2.75, 3.05) is 17.2 Å². The number of amides is 2. The topological polar surface area (TPSA) is 67.4 Å². The molecule has 1 atom stereocenters. The van der Waals surface area contributed by atoms with Gasteiger partial charge in [0, 0.05) is 4.88 Å². The van der Waals surface area contributed by atoms with E-state index >= 15 is 0 Å². The second kappa shape index (κ2) is 10.8. The zero-order chi connectivity index (χ0) is 27.7. The summed E-state index contributed by atoms with van der Waals surface area (Å²) in [6, 6.07) is 12.2. The van der Waals surface area contributed by atoms with Gasteiger partial charge in [0.05, 0.1) is 16.8 Å². The lowest BCUT2D eigenvalue weighted by atomic mass is 9.72. The van der Waals surface area contributed by atoms with Crippen LogP contribution in [0.15, 0.2) is 48.5 Å². The zero-order valence-corrected chi connectivity index (χ0v) is 22.6. The van der Waals surface area contributed by atoms with Gasteiger partial charge in [-0.05, 0) is 66.8 Å². The highest BCUT2D eigenvalue weighted by Crippen LogP contribution is 2.45. The summed E-state index contributed by atoms with van der Waals surface area (Å²) in [5.41, 5.74) is 0.686. The van der Waals surface area contributed by atoms with Gasteiger partial charge in [-0.25, -0.2) is 0 Å². The first kappa shape index (κ1) is 27.7. The van der Waals surface area contributed by atoms with Crippen molar-refractivity contribution in [2.24, 2.45) is 11.3 Å². The monoisotopic (exact) mass is 544 g/mol. The molecule has 0 saturated heterocycles. The number of thiophene rings is 1. The molecule has 0 fully saturated rings. The smallest absolute Gasteiger partial charge is 0.418 e. The number of anilines is 2. The van der Waals surface area contributed by atoms with Gasteiger partial charge in [-0.1, -0.05) is 51.1 Å². The minimum absolute atomic E-state index is 0.0561. The molecule has 0 aliphatic heterocycles. The molecular formula is C29H31F3N2O3S. The summed E-state index contributed by atoms with van der Waals surface area (Å²) in [4.78, 5) is 27.3. The molecule has 38 heavy (non-hydrogen) atoms. The number of para-hydroxylation sites is 2. The van der Waals surface area contributed by atoms with E-state index in [-0.39, 0.29) is 23.3 Å². The van der Waals surface area contributed by atoms with Crippen molar-refractivity contribution < 1.29 is 27.5 Å². The van der Waals surface area contributed by atoms with E-state index < -0.39 is 23.6 Å². The summed E-state index contributed by atoms with van der Waals surface area (Å²) in [7, 11) is 0. The average Bonchev–Trinajstić information content (AvgIpc) is 3.19. The molecule has 2 N–H and O–H groups in total. The first-order chi connectivity index (χ1) is 17.8. The SMILES string of the molecule is Cc1ccccc1OCC(=O)Nc1sc2c(c1C(=O)Nc1ccccc1C(F)(F)F)CC[C@H](C(C)(C)C)C2. The molecule has 2 amide bonds. The van der Waals surface area contributed by atoms with Gasteiger partial charge in [-0.3, -0.25) is 9.59 Å². The van der Waals surface area contributed by atoms with E-state index in [2.05, 4.69) is 31.4 Å². The molecule has 5 nitrogen and oxygen atoms in total. The third-order valence-electron chi connectivity index (χ3n) is 6.90. The highest BCUT2D eigenvalue weighted by Gasteiger charge is 2.36. The van der Waals surface area contributed by atoms with Crippen LogP contribution in [0, 0.1) is 18.3 Å². The predicted molar refractivity (Wildman–Crippen MR) is 144 cm³/mol. The number of fused-ring (bicyclic) bond motifs is 1. The van der Waals surface area contributed by atoms with Gasteiger partial charge in [0.15, 0.2) is 6.61 Å². The Morgan fingerprint density at radius 2 is 1.71 bits per heavy atom. The van der Waals surface area contributed by atoms with Crippen LogP contribution in [0.4, 0.5) is 23.9 Å². The maximum absolute atomic E-state index is 13.6. The van der Waals surface area contributed by atoms with Gasteiger partial charge in [-0.15, -0.1) is 11.3 Å². The summed E-state index contributed by atoms with van der Waals surface area (Å²) >= 11 is 1.31. The minimum Gasteiger partial charge on any atom is -0.483 e. The van der Waals surface area contributed by atoms with Crippen LogP contribution in [-0.4, -0.2) is 18.4 Å². The van der Waals surface area contributed by atoms with E-state index in [1.807, 2.05) is 19.1 Å². The molecule has 0 bridgehead atoms. The molecular weight excluding hydrogens is 513 g/mol. The summed E-state index contributed by atoms with van der Waals surface area (Å²) < 4.78 is 46.3. The number of benzene rings is 2. The fraction of sp³-hybridized carbons (Fsp3) is 0.379. The molecule has 2 aromatic carbocycles. The van der Waals surface area contributed by atoms with Crippen LogP contribution in [-0.2, 0) is 23.8 Å². The van der Waals surface area contributed by atoms with Crippen LogP contribution < -0.4 is 15.4 Å². The van der Waals surface area contributed by atoms with Gasteiger partial charge in [0.25, 0.3) is 11.8 Å². The lowest BCUT2D eigenvalue weighted by Gasteiger charge is -2.33. The fourth-order valence-electron chi connectivity index (χ4n) is 4.70. The molecule has 1 aromatic heterocycles. The Morgan fingerprint density at radius 3 is 2.39 bits per heavy atom. The van der Waals surface area contributed by atoms with E-state index in [9.17, 15) is 22.8 Å². The van der Waals surface area contributed by atoms with Crippen molar-refractivity contribution in [1.82, 2.24) is 0 Å². The standard InChI is InChI=1S/C29H31F3N2O3S/c1-17-9-5-8-12-22(17)37-16-24(35)34-27-25(19-14-13-18(28(2,3)4)15-23(19)38-27)26(36)33-21-11-7-6-10-20(21)29(30,31)32/h5-12,18H,13-16H2,1-4H3,(H,33,36)(H,34,35)/t18-/m0/s1. The van der Waals surface area contributed by atoms with Gasteiger partial charge >= 0.3 is 6.18 Å². The molecule has 1 aliphatic carbocycles. The average molecular weight is 545 g/mol. The Bertz CT molecular complexity index is 1340. The summed E-state index contributed by atoms with van der Waals surface area (Å²) in [6.07, 6.45) is -2.44. The van der Waals surface area contributed by atoms with Crippen LogP contribution in [0.1, 0.15) is 59.1 Å². The van der Waals surface area contributed by atoms with E-state index in [0.29, 0.717) is 23.1 Å². The highest BCUT2D eigenvalue weighted by atomic mass is 32.1. The molecule has 202 valence electrons. The number of carbonyl (C=O) groups is 2. The molecule has 4 rings (SSSR count). The van der Waals surface area contributed by atoms with Crippen molar-refractivity contribution in [1.29, 1.82) is 0 Å². The maximum atomic E-state index is 13.6. The number of halogens is 3. The number of hydrogen-bond acceptors (Lipinski definition) is 4. The van der Waals surface area contributed by atoms with Gasteiger partial charge in [0.1, 0.15) is 10.8 Å². The zero-order valence-electron chi connectivity index (χ0n) is 21.8. The Labute approximate surface area is 224 Å². The fourth-order valence-corrected chi connectivity index (χ4v) is 6.04. The Balaban J connectivity index is 1.63. The van der Waals surface area contributed by atoms with Crippen LogP contribution in [0.2, 0.25) is 0 Å². The van der Waals surface area contributed by atoms with Crippen molar-refractivity contribution in [3.63, 3.8) is 0 Å². The molecule has 9 heteroatoms. The van der Waals surface area contributed by atoms with Crippen LogP contribution in [0.5, 0.6) is 5.75 Å². The Kier molecular flexibility index (Phi) is 7.88. The van der Waals surface area contributed by atoms with E-state index in [0.717, 1.165) is 34.9 Å². The predicted octanol–water partition coefficient (Wildman–Crippen LogP) is 7.50. The number of nitrogens with one attached hydrogen (secondary N) is 2. The van der Waals surface area contributed by atoms with Gasteiger partial charge in [0.2, 0.25) is 0 Å². The highest BCUT2D eigenvalue weighted by molar-refractivity contribution is 7.17. The Hall–Kier alpha value is -3.33. The normalized spacial score (nSPS) is 15.5. The van der Waals surface area contributed by atoms with Crippen LogP contribution in [0.3, 0.4) is 0 Å². The lowest BCUT2D eigenvalue weighted by Crippen LogP contribution is -2.27. The summed E-state index contributed by atoms with van der Waals surface area (Å²) in [5, 5.41) is 5.57. The number of aryl methyl sites for hydroxylation is 1. The third-order valence-corrected chi connectivity index (χ3v) is 8.07. The summed E-state index contributed by atoms with van der Waals surface area (Å²) in [5.74, 6) is -0.182. The molecule has 1 heterocycles. The summed E-state index contributed by atoms with van der Waals surface area (Å²) in [6.45, 7) is 8.11. The van der Waals surface area contributed by atoms with E-state index in [1.54, 1.807) is 12.1 Å². The van der Waals surface area contributed by atoms with E-state index in [4.69, 9.17) is 4.74 Å². The molecule has 0 saturated carbocycles. The number of hydrogen-bond donors (Lipinski definition) is 2. The van der Waals surface area contributed by atoms with E-state index in [1.165, 1.54) is 29.5 Å². The van der Waals surface area contributed by atoms with Gasteiger partial charge in [-0.2, -0.15) is 13.2 Å². The second-order valence-corrected chi connectivity index (χ2v) is 11.7. The number of ether oxygens (including phenoxy) is 1. The largest absolute Gasteiger partial charge is 0.483 e. The van der Waals surface area contributed by atoms with Crippen molar-refractivity contribution in [2.45, 2.75) is 53.1 Å². The lowest BCUT2D eigenvalue weighted by molar-refractivity contribution is -0.136. The van der Waals surface area contributed by atoms with Crippen molar-refractivity contribution >= 4 is 33.8 Å². The number of alkyl halides is 3. The minimum atomic E-state index is -4.62. The first-order valence-corrected chi connectivity index (χ1v) is 13.3. The third kappa shape index (κ3) is 6.20. The Morgan fingerprint density at radius 1 is 1.03 bits per heavy atom. The first-order valence-electron chi connectivity index (χ1n) is 12.4. The second-order valence-electron chi connectivity index (χ2n) is 10.6. The number of carbonyl (C=O) groups excluding carboxylic acids is 2. The molecule has 0 unspecified atom stereocenters. The van der Waals surface area contributed by atoms with Crippen molar-refractivity contribution in [3.8, 4) is 5.75 Å². The molecule has 3 aromatic rings. The number of rotatable bonds is 6. The van der Waals surface area contributed by atoms with Gasteiger partial charge < -0.3 is 15.4 Å². The molecule has 0 radical (unpaired) electrons. The van der Waals surface area contributed by atoms with Crippen LogP contribution in [0.25, 0.3) is 0 Å². The maximum Gasteiger partial charge on any atom is 0.418 e.